The normalized spacial score (nSPS) is 15.7. The number of anilines is 1. The summed E-state index contributed by atoms with van der Waals surface area (Å²) in [7, 11) is 1.45. The number of carbonyl (C=O) groups is 1. The molecule has 1 N–H and O–H groups in total. The molecule has 1 aliphatic rings. The number of hydrogen-bond donors (Lipinski definition) is 1. The quantitative estimate of drug-likeness (QED) is 0.832. The largest absolute Gasteiger partial charge is 0.496 e. The molecule has 0 saturated carbocycles. The molecule has 92 valence electrons. The summed E-state index contributed by atoms with van der Waals surface area (Å²) < 4.78 is 10.3. The summed E-state index contributed by atoms with van der Waals surface area (Å²) in [4.78, 5) is 17.1. The fourth-order valence-corrected chi connectivity index (χ4v) is 1.72. The van der Waals surface area contributed by atoms with Crippen LogP contribution in [-0.4, -0.2) is 49.5 Å². The summed E-state index contributed by atoms with van der Waals surface area (Å²) in [5.74, 6) is 0.00650. The average Bonchev–Trinajstić information content (AvgIpc) is 2.39. The number of rotatable bonds is 3. The summed E-state index contributed by atoms with van der Waals surface area (Å²) in [6, 6.07) is 1.65. The maximum Gasteiger partial charge on any atom is 0.341 e. The Bertz CT molecular complexity index is 416. The van der Waals surface area contributed by atoms with Crippen molar-refractivity contribution in [3.05, 3.63) is 17.8 Å². The van der Waals surface area contributed by atoms with Gasteiger partial charge in [-0.05, 0) is 0 Å². The van der Waals surface area contributed by atoms with Gasteiger partial charge in [0.2, 0.25) is 0 Å². The second kappa shape index (κ2) is 5.01. The van der Waals surface area contributed by atoms with E-state index in [-0.39, 0.29) is 5.56 Å². The maximum absolute atomic E-state index is 10.9. The Hall–Kier alpha value is -1.82. The molecule has 0 aliphatic carbocycles. The fraction of sp³-hybridized carbons (Fsp3) is 0.455. The molecule has 1 aromatic heterocycles. The van der Waals surface area contributed by atoms with Gasteiger partial charge in [0.1, 0.15) is 17.1 Å². The first kappa shape index (κ1) is 11.7. The SMILES string of the molecule is COc1cc(N2CCOCC2)ncc1C(=O)O. The van der Waals surface area contributed by atoms with Gasteiger partial charge in [0, 0.05) is 25.4 Å². The predicted octanol–water partition coefficient (Wildman–Crippen LogP) is 0.625. The number of aromatic nitrogens is 1. The van der Waals surface area contributed by atoms with E-state index in [1.807, 2.05) is 4.90 Å². The van der Waals surface area contributed by atoms with Crippen LogP contribution in [0.25, 0.3) is 0 Å². The zero-order chi connectivity index (χ0) is 12.3. The van der Waals surface area contributed by atoms with Gasteiger partial charge >= 0.3 is 5.97 Å². The monoisotopic (exact) mass is 238 g/mol. The molecule has 0 atom stereocenters. The fourth-order valence-electron chi connectivity index (χ4n) is 1.72. The standard InChI is InChI=1S/C11H14N2O4/c1-16-9-6-10(12-7-8(9)11(14)15)13-2-4-17-5-3-13/h6-7H,2-5H2,1H3,(H,14,15). The van der Waals surface area contributed by atoms with E-state index in [1.165, 1.54) is 13.3 Å². The first-order valence-corrected chi connectivity index (χ1v) is 5.32. The molecule has 0 unspecified atom stereocenters. The molecule has 0 amide bonds. The minimum absolute atomic E-state index is 0.0736. The first-order chi connectivity index (χ1) is 8.22. The lowest BCUT2D eigenvalue weighted by Gasteiger charge is -2.28. The van der Waals surface area contributed by atoms with E-state index in [0.29, 0.717) is 19.0 Å². The summed E-state index contributed by atoms with van der Waals surface area (Å²) in [6.07, 6.45) is 1.33. The Morgan fingerprint density at radius 1 is 1.53 bits per heavy atom. The highest BCUT2D eigenvalue weighted by molar-refractivity contribution is 5.90. The van der Waals surface area contributed by atoms with Crippen LogP contribution in [0.5, 0.6) is 5.75 Å². The highest BCUT2D eigenvalue weighted by atomic mass is 16.5. The molecule has 6 heteroatoms. The van der Waals surface area contributed by atoms with Gasteiger partial charge in [-0.25, -0.2) is 9.78 Å². The lowest BCUT2D eigenvalue weighted by atomic mass is 10.2. The van der Waals surface area contributed by atoms with Crippen molar-refractivity contribution < 1.29 is 19.4 Å². The average molecular weight is 238 g/mol. The van der Waals surface area contributed by atoms with Crippen LogP contribution in [0.4, 0.5) is 5.82 Å². The first-order valence-electron chi connectivity index (χ1n) is 5.32. The highest BCUT2D eigenvalue weighted by Gasteiger charge is 2.17. The molecular weight excluding hydrogens is 224 g/mol. The van der Waals surface area contributed by atoms with Gasteiger partial charge in [-0.2, -0.15) is 0 Å². The maximum atomic E-state index is 10.9. The lowest BCUT2D eigenvalue weighted by Crippen LogP contribution is -2.36. The van der Waals surface area contributed by atoms with Gasteiger partial charge in [-0.3, -0.25) is 0 Å². The molecule has 0 aromatic carbocycles. The number of hydrogen-bond acceptors (Lipinski definition) is 5. The Labute approximate surface area is 98.8 Å². The molecule has 0 radical (unpaired) electrons. The number of pyridine rings is 1. The van der Waals surface area contributed by atoms with E-state index in [0.717, 1.165) is 18.9 Å². The van der Waals surface area contributed by atoms with E-state index in [1.54, 1.807) is 6.07 Å². The van der Waals surface area contributed by atoms with Crippen LogP contribution in [-0.2, 0) is 4.74 Å². The Morgan fingerprint density at radius 2 is 2.24 bits per heavy atom. The number of ether oxygens (including phenoxy) is 2. The molecule has 6 nitrogen and oxygen atoms in total. The number of morpholine rings is 1. The molecule has 0 bridgehead atoms. The third kappa shape index (κ3) is 2.47. The third-order valence-corrected chi connectivity index (χ3v) is 2.64. The van der Waals surface area contributed by atoms with Crippen molar-refractivity contribution in [2.45, 2.75) is 0 Å². The zero-order valence-electron chi connectivity index (χ0n) is 9.55. The van der Waals surface area contributed by atoms with Crippen molar-refractivity contribution in [2.75, 3.05) is 38.3 Å². The van der Waals surface area contributed by atoms with Gasteiger partial charge in [-0.15, -0.1) is 0 Å². The molecule has 17 heavy (non-hydrogen) atoms. The number of aromatic carboxylic acids is 1. The van der Waals surface area contributed by atoms with Gasteiger partial charge in [0.15, 0.2) is 0 Å². The van der Waals surface area contributed by atoms with Gasteiger partial charge in [-0.1, -0.05) is 0 Å². The molecule has 1 aliphatic heterocycles. The van der Waals surface area contributed by atoms with Crippen molar-refractivity contribution in [1.82, 2.24) is 4.98 Å². The van der Waals surface area contributed by atoms with Crippen LogP contribution in [0.2, 0.25) is 0 Å². The number of nitrogens with zero attached hydrogens (tertiary/aromatic N) is 2. The van der Waals surface area contributed by atoms with Crippen molar-refractivity contribution >= 4 is 11.8 Å². The highest BCUT2D eigenvalue weighted by Crippen LogP contribution is 2.23. The number of carboxylic acid groups (broad SMARTS) is 1. The van der Waals surface area contributed by atoms with E-state index >= 15 is 0 Å². The van der Waals surface area contributed by atoms with Crippen molar-refractivity contribution in [3.63, 3.8) is 0 Å². The van der Waals surface area contributed by atoms with Crippen LogP contribution in [0.1, 0.15) is 10.4 Å². The van der Waals surface area contributed by atoms with Crippen LogP contribution >= 0.6 is 0 Å². The smallest absolute Gasteiger partial charge is 0.341 e. The van der Waals surface area contributed by atoms with Gasteiger partial charge in [0.25, 0.3) is 0 Å². The lowest BCUT2D eigenvalue weighted by molar-refractivity contribution is 0.0693. The molecule has 2 rings (SSSR count). The van der Waals surface area contributed by atoms with E-state index in [2.05, 4.69) is 4.98 Å². The van der Waals surface area contributed by atoms with E-state index in [9.17, 15) is 4.79 Å². The zero-order valence-corrected chi connectivity index (χ0v) is 9.55. The minimum atomic E-state index is -1.04. The Morgan fingerprint density at radius 3 is 2.82 bits per heavy atom. The predicted molar refractivity (Wildman–Crippen MR) is 60.8 cm³/mol. The van der Waals surface area contributed by atoms with Gasteiger partial charge < -0.3 is 19.5 Å². The second-order valence-corrected chi connectivity index (χ2v) is 3.65. The Kier molecular flexibility index (Phi) is 3.43. The van der Waals surface area contributed by atoms with Crippen molar-refractivity contribution in [1.29, 1.82) is 0 Å². The molecular formula is C11H14N2O4. The van der Waals surface area contributed by atoms with Crippen molar-refractivity contribution in [3.8, 4) is 5.75 Å². The van der Waals surface area contributed by atoms with E-state index < -0.39 is 5.97 Å². The van der Waals surface area contributed by atoms with Crippen molar-refractivity contribution in [2.24, 2.45) is 0 Å². The molecule has 0 spiro atoms. The number of carboxylic acids is 1. The van der Waals surface area contributed by atoms with Crippen LogP contribution in [0.15, 0.2) is 12.3 Å². The van der Waals surface area contributed by atoms with Crippen LogP contribution in [0.3, 0.4) is 0 Å². The summed E-state index contributed by atoms with van der Waals surface area (Å²) in [5, 5.41) is 8.94. The summed E-state index contributed by atoms with van der Waals surface area (Å²) >= 11 is 0. The number of methoxy groups -OCH3 is 1. The van der Waals surface area contributed by atoms with Gasteiger partial charge in [0.05, 0.1) is 20.3 Å². The third-order valence-electron chi connectivity index (χ3n) is 2.64. The summed E-state index contributed by atoms with van der Waals surface area (Å²) in [6.45, 7) is 2.82. The molecule has 1 fully saturated rings. The Balaban J connectivity index is 2.27. The minimum Gasteiger partial charge on any atom is -0.496 e. The van der Waals surface area contributed by atoms with Crippen LogP contribution < -0.4 is 9.64 Å². The molecule has 1 saturated heterocycles. The van der Waals surface area contributed by atoms with Crippen LogP contribution in [0, 0.1) is 0 Å². The molecule has 2 heterocycles. The molecule has 1 aromatic rings. The van der Waals surface area contributed by atoms with E-state index in [4.69, 9.17) is 14.6 Å². The summed E-state index contributed by atoms with van der Waals surface area (Å²) in [5.41, 5.74) is 0.0736. The second-order valence-electron chi connectivity index (χ2n) is 3.65. The topological polar surface area (TPSA) is 71.9 Å².